The first kappa shape index (κ1) is 144. The Morgan fingerprint density at radius 1 is 0.667 bits per heavy atom. The van der Waals surface area contributed by atoms with Gasteiger partial charge in [-0.25, -0.2) is 0 Å². The molecule has 0 aliphatic carbocycles. The van der Waals surface area contributed by atoms with Crippen LogP contribution in [0.1, 0.15) is 0 Å². The van der Waals surface area contributed by atoms with Gasteiger partial charge in [-0.1, -0.05) is 0 Å². The zero-order valence-electron chi connectivity index (χ0n) is 5.49. The second kappa shape index (κ2) is 110. The van der Waals surface area contributed by atoms with Crippen molar-refractivity contribution in [1.29, 1.82) is 0 Å². The van der Waals surface area contributed by atoms with Gasteiger partial charge in [0.05, 0.1) is 0 Å². The molecule has 0 spiro atoms. The van der Waals surface area contributed by atoms with E-state index in [1.165, 1.54) is 0 Å². The molecule has 14 N–H and O–H groups in total. The quantitative estimate of drug-likeness (QED) is 0.303. The zero-order valence-corrected chi connectivity index (χ0v) is 7.41. The van der Waals surface area contributed by atoms with E-state index in [-0.39, 0.29) is 55.4 Å². The van der Waals surface area contributed by atoms with Crippen molar-refractivity contribution in [3.05, 3.63) is 0 Å². The van der Waals surface area contributed by atoms with Gasteiger partial charge in [-0.2, -0.15) is 0 Å². The summed E-state index contributed by atoms with van der Waals surface area (Å²) in [5.41, 5.74) is 0. The molecule has 0 bridgehead atoms. The van der Waals surface area contributed by atoms with E-state index in [1.807, 2.05) is 0 Å². The maximum Gasteiger partial charge on any atom is 2.00 e. The van der Waals surface area contributed by atoms with Crippen LogP contribution in [0, 0.1) is 0 Å². The zero-order chi connectivity index (χ0) is 3.58. The van der Waals surface area contributed by atoms with Gasteiger partial charge in [-0.15, -0.1) is 11.4 Å². The Balaban J connectivity index is -0.00000000161. The Labute approximate surface area is 80.7 Å². The molecule has 88 valence electrons. The summed E-state index contributed by atoms with van der Waals surface area (Å²) in [6.07, 6.45) is 0. The Kier molecular flexibility index (Phi) is 1310. The summed E-state index contributed by atoms with van der Waals surface area (Å²) in [4.78, 5) is 0. The van der Waals surface area contributed by atoms with Crippen molar-refractivity contribution in [2.45, 2.75) is 0 Å². The molecular formula is H14FeO10S. The summed E-state index contributed by atoms with van der Waals surface area (Å²) < 4.78 is 25.3. The van der Waals surface area contributed by atoms with Gasteiger partial charge in [-0.05, 0) is 0 Å². The van der Waals surface area contributed by atoms with Crippen molar-refractivity contribution in [2.75, 3.05) is 0 Å². The molecule has 0 aromatic carbocycles. The Bertz CT molecular complexity index is 32.8. The van der Waals surface area contributed by atoms with E-state index in [1.54, 1.807) is 0 Å². The van der Waals surface area contributed by atoms with Gasteiger partial charge < -0.3 is 47.4 Å². The van der Waals surface area contributed by atoms with Crippen LogP contribution >= 0.6 is 0 Å². The fraction of sp³-hybridized carbons (Fsp3) is 0. The second-order valence-corrected chi connectivity index (χ2v) is 0.612. The molecule has 0 saturated heterocycles. The minimum absolute atomic E-state index is 0. The Morgan fingerprint density at radius 3 is 0.667 bits per heavy atom. The molecule has 0 aromatic heterocycles. The molecule has 0 rings (SSSR count). The topological polar surface area (TPSA) is 284 Å². The Hall–Kier alpha value is 0.309. The molecule has 0 aliphatic heterocycles. The van der Waals surface area contributed by atoms with Crippen LogP contribution in [0.25, 0.3) is 0 Å². The molecule has 0 heterocycles. The third-order valence-electron chi connectivity index (χ3n) is 0. The van der Waals surface area contributed by atoms with Crippen LogP contribution in [-0.2, 0) is 28.4 Å². The number of rotatable bonds is 0. The van der Waals surface area contributed by atoms with Crippen molar-refractivity contribution < 1.29 is 68.7 Å². The minimum Gasteiger partial charge on any atom is -0.784 e. The van der Waals surface area contributed by atoms with Crippen LogP contribution in [-0.4, -0.2) is 51.6 Å². The molecule has 0 aliphatic rings. The number of hydrogen-bond donors (Lipinski definition) is 0. The van der Waals surface area contributed by atoms with Crippen LogP contribution < -0.4 is 0 Å². The second-order valence-electron chi connectivity index (χ2n) is 0.204. The van der Waals surface area contributed by atoms with E-state index in [2.05, 4.69) is 0 Å². The van der Waals surface area contributed by atoms with Gasteiger partial charge in [-0.3, -0.25) is 4.21 Å². The molecule has 0 unspecified atom stereocenters. The van der Waals surface area contributed by atoms with Gasteiger partial charge >= 0.3 is 17.1 Å². The van der Waals surface area contributed by atoms with Crippen molar-refractivity contribution >= 4 is 11.4 Å². The third kappa shape index (κ3) is 9330. The summed E-state index contributed by atoms with van der Waals surface area (Å²) in [5.74, 6) is 0. The van der Waals surface area contributed by atoms with Crippen LogP contribution in [0.4, 0.5) is 0 Å². The van der Waals surface area contributed by atoms with Crippen LogP contribution in [0.15, 0.2) is 0 Å². The molecule has 0 aromatic rings. The van der Waals surface area contributed by atoms with Crippen LogP contribution in [0.5, 0.6) is 0 Å². The summed E-state index contributed by atoms with van der Waals surface area (Å²) in [6, 6.07) is 0. The summed E-state index contributed by atoms with van der Waals surface area (Å²) in [7, 11) is 0. The number of hydrogen-bond acceptors (Lipinski definition) is 3. The van der Waals surface area contributed by atoms with Crippen molar-refractivity contribution in [1.82, 2.24) is 0 Å². The molecular weight excluding hydrogens is 248 g/mol. The predicted molar refractivity (Wildman–Crippen MR) is 35.0 cm³/mol. The summed E-state index contributed by atoms with van der Waals surface area (Å²) in [6.45, 7) is 0. The van der Waals surface area contributed by atoms with Crippen molar-refractivity contribution in [3.63, 3.8) is 0 Å². The minimum atomic E-state index is -3.11. The SMILES string of the molecule is O.O.O.O.O.O.O.O=S([O-])[O-].[Fe+2]. The first-order valence-electron chi connectivity index (χ1n) is 0.500. The largest absolute Gasteiger partial charge is 2.00 e. The van der Waals surface area contributed by atoms with E-state index in [0.717, 1.165) is 0 Å². The normalized spacial score (nSPS) is 2.92. The summed E-state index contributed by atoms with van der Waals surface area (Å²) >= 11 is -3.11. The molecule has 0 radical (unpaired) electrons. The van der Waals surface area contributed by atoms with E-state index >= 15 is 0 Å². The van der Waals surface area contributed by atoms with E-state index in [9.17, 15) is 0 Å². The molecule has 10 nitrogen and oxygen atoms in total. The smallest absolute Gasteiger partial charge is 0.784 e. The monoisotopic (exact) mass is 262 g/mol. The first-order chi connectivity index (χ1) is 1.73. The molecule has 0 saturated carbocycles. The molecule has 12 heavy (non-hydrogen) atoms. The summed E-state index contributed by atoms with van der Waals surface area (Å²) in [5, 5.41) is 0. The average Bonchev–Trinajstić information content (AvgIpc) is 0.811. The van der Waals surface area contributed by atoms with Gasteiger partial charge in [0.2, 0.25) is 0 Å². The molecule has 0 amide bonds. The van der Waals surface area contributed by atoms with Crippen LogP contribution in [0.2, 0.25) is 0 Å². The standard InChI is InChI=1S/Fe.H2O3S.7H2O/c;1-4(2)3;;;;;;;/h;(H2,1,2,3);7*1H2/q+2;;;;;;;;/p-2. The van der Waals surface area contributed by atoms with Crippen molar-refractivity contribution in [2.24, 2.45) is 0 Å². The van der Waals surface area contributed by atoms with E-state index < -0.39 is 11.4 Å². The fourth-order valence-electron chi connectivity index (χ4n) is 0. The molecule has 12 heteroatoms. The third-order valence-corrected chi connectivity index (χ3v) is 0. The van der Waals surface area contributed by atoms with Crippen LogP contribution in [0.3, 0.4) is 0 Å². The predicted octanol–water partition coefficient (Wildman–Crippen LogP) is -6.78. The average molecular weight is 262 g/mol. The van der Waals surface area contributed by atoms with Crippen molar-refractivity contribution in [3.8, 4) is 0 Å². The Morgan fingerprint density at radius 2 is 0.667 bits per heavy atom. The van der Waals surface area contributed by atoms with E-state index in [4.69, 9.17) is 13.3 Å². The van der Waals surface area contributed by atoms with Gasteiger partial charge in [0, 0.05) is 0 Å². The maximum atomic E-state index is 8.44. The molecule has 0 atom stereocenters. The van der Waals surface area contributed by atoms with E-state index in [0.29, 0.717) is 0 Å². The molecule has 0 fully saturated rings. The van der Waals surface area contributed by atoms with Gasteiger partial charge in [0.1, 0.15) is 0 Å². The van der Waals surface area contributed by atoms with Gasteiger partial charge in [0.15, 0.2) is 0 Å². The fourth-order valence-corrected chi connectivity index (χ4v) is 0. The maximum absolute atomic E-state index is 8.44. The first-order valence-corrected chi connectivity index (χ1v) is 1.50. The van der Waals surface area contributed by atoms with Gasteiger partial charge in [0.25, 0.3) is 0 Å².